The van der Waals surface area contributed by atoms with Crippen molar-refractivity contribution in [2.75, 3.05) is 27.7 Å². The van der Waals surface area contributed by atoms with Crippen LogP contribution < -0.4 is 16.4 Å². The first-order chi connectivity index (χ1) is 14.2. The van der Waals surface area contributed by atoms with Crippen LogP contribution in [0.4, 0.5) is 0 Å². The summed E-state index contributed by atoms with van der Waals surface area (Å²) in [6.07, 6.45) is 2.34. The van der Waals surface area contributed by atoms with E-state index in [9.17, 15) is 19.2 Å². The highest BCUT2D eigenvalue weighted by molar-refractivity contribution is 7.14. The Hall–Kier alpha value is -2.46. The topological polar surface area (TPSA) is 125 Å². The number of carbonyl (C=O) groups excluding carboxylic acids is 4. The van der Waals surface area contributed by atoms with Crippen LogP contribution in [0.2, 0.25) is 0 Å². The summed E-state index contributed by atoms with van der Waals surface area (Å²) in [6.45, 7) is 1.78. The highest BCUT2D eigenvalue weighted by atomic mass is 32.1. The molecule has 1 aliphatic carbocycles. The standard InChI is InChI=1S/C20H29N5O4S/c1-24(2)20(29)11-4-5-13(22-19(28)17(21)26)14(8-11)23-18(27)16-9-12-10-25(3)7-6-15(12)30-16/h9,11,13-14H,4-8,10H2,1-3H3,(H2,21,26)(H,22,28)(H,23,27)/t11-,13-,14+/m0/s1. The van der Waals surface area contributed by atoms with E-state index in [2.05, 4.69) is 22.6 Å². The van der Waals surface area contributed by atoms with Gasteiger partial charge < -0.3 is 26.2 Å². The number of hydrogen-bond acceptors (Lipinski definition) is 6. The van der Waals surface area contributed by atoms with Gasteiger partial charge in [0, 0.05) is 44.0 Å². The van der Waals surface area contributed by atoms with Crippen molar-refractivity contribution in [3.8, 4) is 0 Å². The number of nitrogens with two attached hydrogens (primary N) is 1. The van der Waals surface area contributed by atoms with Crippen molar-refractivity contribution in [2.45, 2.75) is 44.3 Å². The van der Waals surface area contributed by atoms with E-state index >= 15 is 0 Å². The van der Waals surface area contributed by atoms with Gasteiger partial charge in [-0.05, 0) is 44.4 Å². The van der Waals surface area contributed by atoms with Gasteiger partial charge in [0.15, 0.2) is 0 Å². The van der Waals surface area contributed by atoms with Crippen molar-refractivity contribution in [3.05, 3.63) is 21.4 Å². The molecule has 0 saturated heterocycles. The normalized spacial score (nSPS) is 23.9. The molecule has 2 aliphatic rings. The second-order valence-electron chi connectivity index (χ2n) is 8.31. The Morgan fingerprint density at radius 1 is 1.17 bits per heavy atom. The van der Waals surface area contributed by atoms with Crippen LogP contribution in [-0.2, 0) is 27.3 Å². The molecule has 1 fully saturated rings. The largest absolute Gasteiger partial charge is 0.361 e. The Balaban J connectivity index is 1.75. The van der Waals surface area contributed by atoms with Gasteiger partial charge in [0.05, 0.1) is 10.9 Å². The van der Waals surface area contributed by atoms with E-state index in [4.69, 9.17) is 5.73 Å². The molecule has 1 saturated carbocycles. The summed E-state index contributed by atoms with van der Waals surface area (Å²) in [5.41, 5.74) is 6.24. The molecule has 9 nitrogen and oxygen atoms in total. The number of amides is 4. The zero-order valence-corrected chi connectivity index (χ0v) is 18.4. The molecule has 0 radical (unpaired) electrons. The van der Waals surface area contributed by atoms with E-state index in [-0.39, 0.29) is 17.7 Å². The fourth-order valence-electron chi connectivity index (χ4n) is 4.16. The van der Waals surface area contributed by atoms with Gasteiger partial charge in [-0.3, -0.25) is 19.2 Å². The monoisotopic (exact) mass is 435 g/mol. The first-order valence-corrected chi connectivity index (χ1v) is 10.9. The number of nitrogens with zero attached hydrogens (tertiary/aromatic N) is 2. The maximum Gasteiger partial charge on any atom is 0.309 e. The average molecular weight is 436 g/mol. The van der Waals surface area contributed by atoms with Gasteiger partial charge in [0.2, 0.25) is 5.91 Å². The summed E-state index contributed by atoms with van der Waals surface area (Å²) in [5, 5.41) is 5.61. The van der Waals surface area contributed by atoms with E-state index in [1.807, 2.05) is 6.07 Å². The predicted octanol–water partition coefficient (Wildman–Crippen LogP) is -0.307. The molecule has 4 amide bonds. The van der Waals surface area contributed by atoms with Crippen molar-refractivity contribution in [1.29, 1.82) is 0 Å². The number of likely N-dealkylation sites (N-methyl/N-ethyl adjacent to an activating group) is 1. The third-order valence-electron chi connectivity index (χ3n) is 5.78. The molecule has 1 aromatic heterocycles. The van der Waals surface area contributed by atoms with Crippen LogP contribution in [0.1, 0.15) is 39.4 Å². The molecule has 0 aromatic carbocycles. The summed E-state index contributed by atoms with van der Waals surface area (Å²) in [4.78, 5) is 54.0. The van der Waals surface area contributed by atoms with Crippen LogP contribution >= 0.6 is 11.3 Å². The van der Waals surface area contributed by atoms with E-state index in [0.29, 0.717) is 24.1 Å². The highest BCUT2D eigenvalue weighted by Crippen LogP contribution is 2.29. The number of thiophene rings is 1. The van der Waals surface area contributed by atoms with Crippen molar-refractivity contribution in [2.24, 2.45) is 11.7 Å². The van der Waals surface area contributed by atoms with E-state index < -0.39 is 23.9 Å². The predicted molar refractivity (Wildman–Crippen MR) is 113 cm³/mol. The zero-order valence-electron chi connectivity index (χ0n) is 17.6. The lowest BCUT2D eigenvalue weighted by atomic mass is 9.81. The molecule has 30 heavy (non-hydrogen) atoms. The van der Waals surface area contributed by atoms with Gasteiger partial charge in [-0.25, -0.2) is 0 Å². The van der Waals surface area contributed by atoms with Crippen LogP contribution in [0.25, 0.3) is 0 Å². The smallest absolute Gasteiger partial charge is 0.309 e. The molecule has 1 aromatic rings. The number of nitrogens with one attached hydrogen (secondary N) is 2. The molecule has 0 spiro atoms. The molecule has 4 N–H and O–H groups in total. The van der Waals surface area contributed by atoms with Gasteiger partial charge in [0.1, 0.15) is 0 Å². The van der Waals surface area contributed by atoms with Crippen LogP contribution in [0.5, 0.6) is 0 Å². The van der Waals surface area contributed by atoms with Gasteiger partial charge in [-0.1, -0.05) is 0 Å². The molecule has 10 heteroatoms. The lowest BCUT2D eigenvalue weighted by Crippen LogP contribution is -2.57. The van der Waals surface area contributed by atoms with Crippen molar-refractivity contribution < 1.29 is 19.2 Å². The number of primary amides is 1. The molecule has 1 aliphatic heterocycles. The Morgan fingerprint density at radius 3 is 2.57 bits per heavy atom. The van der Waals surface area contributed by atoms with Crippen molar-refractivity contribution in [3.63, 3.8) is 0 Å². The van der Waals surface area contributed by atoms with E-state index in [1.54, 1.807) is 14.1 Å². The van der Waals surface area contributed by atoms with E-state index in [0.717, 1.165) is 19.5 Å². The number of fused-ring (bicyclic) bond motifs is 1. The molecule has 3 atom stereocenters. The minimum Gasteiger partial charge on any atom is -0.361 e. The summed E-state index contributed by atoms with van der Waals surface area (Å²) in [7, 11) is 5.45. The molecular formula is C20H29N5O4S. The van der Waals surface area contributed by atoms with Crippen LogP contribution in [-0.4, -0.2) is 73.2 Å². The summed E-state index contributed by atoms with van der Waals surface area (Å²) < 4.78 is 0. The maximum atomic E-state index is 13.0. The molecule has 0 unspecified atom stereocenters. The number of rotatable bonds is 4. The third kappa shape index (κ3) is 4.99. The first kappa shape index (κ1) is 22.2. The fourth-order valence-corrected chi connectivity index (χ4v) is 5.22. The van der Waals surface area contributed by atoms with Gasteiger partial charge in [-0.15, -0.1) is 11.3 Å². The summed E-state index contributed by atoms with van der Waals surface area (Å²) >= 11 is 1.49. The third-order valence-corrected chi connectivity index (χ3v) is 7.01. The van der Waals surface area contributed by atoms with Crippen LogP contribution in [0, 0.1) is 5.92 Å². The number of hydrogen-bond donors (Lipinski definition) is 3. The van der Waals surface area contributed by atoms with Gasteiger partial charge in [0.25, 0.3) is 5.91 Å². The van der Waals surface area contributed by atoms with Crippen LogP contribution in [0.15, 0.2) is 6.07 Å². The first-order valence-electron chi connectivity index (χ1n) is 10.1. The van der Waals surface area contributed by atoms with Gasteiger partial charge in [-0.2, -0.15) is 0 Å². The van der Waals surface area contributed by atoms with Crippen LogP contribution in [0.3, 0.4) is 0 Å². The Bertz CT molecular complexity index is 852. The number of carbonyl (C=O) groups is 4. The lowest BCUT2D eigenvalue weighted by Gasteiger charge is -2.37. The SMILES string of the molecule is CN1CCc2sc(C(=O)N[C@@H]3C[C@@H](C(=O)N(C)C)CC[C@@H]3NC(=O)C(N)=O)cc2C1. The lowest BCUT2D eigenvalue weighted by molar-refractivity contribution is -0.138. The molecule has 2 heterocycles. The zero-order chi connectivity index (χ0) is 22.0. The van der Waals surface area contributed by atoms with Gasteiger partial charge >= 0.3 is 11.8 Å². The Labute approximate surface area is 180 Å². The minimum absolute atomic E-state index is 0.0106. The highest BCUT2D eigenvalue weighted by Gasteiger charge is 2.37. The quantitative estimate of drug-likeness (QED) is 0.560. The second kappa shape index (κ2) is 9.13. The van der Waals surface area contributed by atoms with Crippen molar-refractivity contribution in [1.82, 2.24) is 20.4 Å². The Kier molecular flexibility index (Phi) is 6.77. The Morgan fingerprint density at radius 2 is 1.90 bits per heavy atom. The van der Waals surface area contributed by atoms with Crippen molar-refractivity contribution >= 4 is 35.0 Å². The molecule has 0 bridgehead atoms. The molecular weight excluding hydrogens is 406 g/mol. The summed E-state index contributed by atoms with van der Waals surface area (Å²) in [5.74, 6) is -2.44. The second-order valence-corrected chi connectivity index (χ2v) is 9.45. The maximum absolute atomic E-state index is 13.0. The summed E-state index contributed by atoms with van der Waals surface area (Å²) in [6, 6.07) is 0.999. The fraction of sp³-hybridized carbons (Fsp3) is 0.600. The van der Waals surface area contributed by atoms with E-state index in [1.165, 1.54) is 26.7 Å². The average Bonchev–Trinajstić information content (AvgIpc) is 3.11. The molecule has 164 valence electrons. The molecule has 3 rings (SSSR count). The minimum atomic E-state index is -1.07.